The summed E-state index contributed by atoms with van der Waals surface area (Å²) in [6.45, 7) is 1.93. The number of para-hydroxylation sites is 1. The molecule has 126 valence electrons. The highest BCUT2D eigenvalue weighted by Crippen LogP contribution is 2.61. The Bertz CT molecular complexity index is 724. The summed E-state index contributed by atoms with van der Waals surface area (Å²) in [5, 5.41) is 0. The molecular formula is C19H20O5. The number of Topliss-reactive ketones (excluding diaryl/α,β-unsaturated/α-hetero) is 1. The molecule has 0 N–H and O–H groups in total. The van der Waals surface area contributed by atoms with Gasteiger partial charge in [-0.15, -0.1) is 0 Å². The number of carbonyl (C=O) groups is 3. The molecule has 3 aliphatic rings. The van der Waals surface area contributed by atoms with E-state index in [0.717, 1.165) is 18.4 Å². The topological polar surface area (TPSA) is 69.7 Å². The lowest BCUT2D eigenvalue weighted by atomic mass is 9.54. The predicted molar refractivity (Wildman–Crippen MR) is 84.3 cm³/mol. The van der Waals surface area contributed by atoms with Gasteiger partial charge in [-0.1, -0.05) is 24.6 Å². The highest BCUT2D eigenvalue weighted by Gasteiger charge is 2.68. The predicted octanol–water partition coefficient (Wildman–Crippen LogP) is 2.63. The first-order valence-corrected chi connectivity index (χ1v) is 8.61. The molecule has 1 aromatic rings. The average Bonchev–Trinajstić information content (AvgIpc) is 3.06. The van der Waals surface area contributed by atoms with Crippen molar-refractivity contribution >= 4 is 17.7 Å². The van der Waals surface area contributed by atoms with Crippen LogP contribution in [0.2, 0.25) is 0 Å². The van der Waals surface area contributed by atoms with Gasteiger partial charge < -0.3 is 9.47 Å². The summed E-state index contributed by atoms with van der Waals surface area (Å²) >= 11 is 0. The first-order chi connectivity index (χ1) is 11.6. The Balaban J connectivity index is 1.93. The van der Waals surface area contributed by atoms with Crippen LogP contribution in [0.5, 0.6) is 5.75 Å². The molecule has 0 radical (unpaired) electrons. The summed E-state index contributed by atoms with van der Waals surface area (Å²) in [5.41, 5.74) is -0.608. The Hall–Kier alpha value is -2.17. The maximum atomic E-state index is 13.0. The summed E-state index contributed by atoms with van der Waals surface area (Å²) < 4.78 is 10.9. The van der Waals surface area contributed by atoms with Crippen molar-refractivity contribution in [2.24, 2.45) is 17.3 Å². The van der Waals surface area contributed by atoms with Crippen LogP contribution < -0.4 is 4.74 Å². The molecule has 0 aromatic heterocycles. The van der Waals surface area contributed by atoms with Crippen molar-refractivity contribution in [2.75, 3.05) is 6.61 Å². The van der Waals surface area contributed by atoms with E-state index in [1.54, 1.807) is 19.1 Å². The smallest absolute Gasteiger partial charge is 0.329 e. The molecule has 1 aromatic carbocycles. The van der Waals surface area contributed by atoms with Crippen molar-refractivity contribution in [3.05, 3.63) is 29.8 Å². The molecule has 2 saturated carbocycles. The Kier molecular flexibility index (Phi) is 3.48. The molecule has 1 aliphatic heterocycles. The Morgan fingerprint density at radius 3 is 2.88 bits per heavy atom. The van der Waals surface area contributed by atoms with Crippen molar-refractivity contribution in [3.63, 3.8) is 0 Å². The summed E-state index contributed by atoms with van der Waals surface area (Å²) in [5.74, 6) is -1.50. The van der Waals surface area contributed by atoms with Crippen molar-refractivity contribution in [2.45, 2.75) is 38.5 Å². The molecule has 4 atom stereocenters. The third-order valence-electron chi connectivity index (χ3n) is 5.92. The van der Waals surface area contributed by atoms with E-state index in [0.29, 0.717) is 12.2 Å². The summed E-state index contributed by atoms with van der Waals surface area (Å²) in [6.07, 6.45) is 2.48. The molecule has 2 aliphatic carbocycles. The third kappa shape index (κ3) is 1.84. The standard InChI is InChI=1S/C19H20O5/c1-2-23-17(21)19-13-8-5-7-11(13)15(20)10-14(19)12-6-3-4-9-16(12)24-18(19)22/h3-4,6,9,11,13-14H,2,5,7-8,10H2,1H3. The zero-order chi connectivity index (χ0) is 16.9. The summed E-state index contributed by atoms with van der Waals surface area (Å²) in [6, 6.07) is 7.20. The van der Waals surface area contributed by atoms with E-state index in [1.807, 2.05) is 12.1 Å². The van der Waals surface area contributed by atoms with Crippen LogP contribution in [0.15, 0.2) is 24.3 Å². The van der Waals surface area contributed by atoms with Crippen molar-refractivity contribution < 1.29 is 23.9 Å². The van der Waals surface area contributed by atoms with Gasteiger partial charge in [0, 0.05) is 23.8 Å². The molecule has 0 saturated heterocycles. The van der Waals surface area contributed by atoms with Gasteiger partial charge in [0.2, 0.25) is 0 Å². The van der Waals surface area contributed by atoms with E-state index in [4.69, 9.17) is 9.47 Å². The fourth-order valence-corrected chi connectivity index (χ4v) is 4.98. The van der Waals surface area contributed by atoms with Gasteiger partial charge in [-0.25, -0.2) is 0 Å². The molecule has 0 amide bonds. The number of ketones is 1. The number of benzene rings is 1. The van der Waals surface area contributed by atoms with Gasteiger partial charge in [0.15, 0.2) is 5.41 Å². The van der Waals surface area contributed by atoms with E-state index >= 15 is 0 Å². The number of hydrogen-bond acceptors (Lipinski definition) is 5. The van der Waals surface area contributed by atoms with E-state index < -0.39 is 23.3 Å². The lowest BCUT2D eigenvalue weighted by Gasteiger charge is -2.48. The molecule has 5 nitrogen and oxygen atoms in total. The lowest BCUT2D eigenvalue weighted by molar-refractivity contribution is -0.181. The second kappa shape index (κ2) is 5.43. The quantitative estimate of drug-likeness (QED) is 0.474. The van der Waals surface area contributed by atoms with Gasteiger partial charge in [-0.3, -0.25) is 14.4 Å². The SMILES string of the molecule is CCOC(=O)C12C(=O)Oc3ccccc3C1CC(=O)C1CCCC12. The summed E-state index contributed by atoms with van der Waals surface area (Å²) in [4.78, 5) is 38.7. The first kappa shape index (κ1) is 15.4. The van der Waals surface area contributed by atoms with Crippen molar-refractivity contribution in [1.82, 2.24) is 0 Å². The average molecular weight is 328 g/mol. The zero-order valence-corrected chi connectivity index (χ0v) is 13.6. The maximum absolute atomic E-state index is 13.0. The van der Waals surface area contributed by atoms with E-state index in [-0.39, 0.29) is 30.6 Å². The molecule has 5 heteroatoms. The minimum Gasteiger partial charge on any atom is -0.465 e. The van der Waals surface area contributed by atoms with Gasteiger partial charge in [0.05, 0.1) is 6.61 Å². The molecule has 0 spiro atoms. The van der Waals surface area contributed by atoms with Crippen LogP contribution in [-0.4, -0.2) is 24.3 Å². The Morgan fingerprint density at radius 2 is 2.08 bits per heavy atom. The fourth-order valence-electron chi connectivity index (χ4n) is 4.98. The number of carbonyl (C=O) groups excluding carboxylic acids is 3. The van der Waals surface area contributed by atoms with Crippen LogP contribution in [0, 0.1) is 17.3 Å². The first-order valence-electron chi connectivity index (χ1n) is 8.61. The number of hydrogen-bond donors (Lipinski definition) is 0. The molecular weight excluding hydrogens is 308 g/mol. The molecule has 0 bridgehead atoms. The summed E-state index contributed by atoms with van der Waals surface area (Å²) in [7, 11) is 0. The fraction of sp³-hybridized carbons (Fsp3) is 0.526. The van der Waals surface area contributed by atoms with Crippen molar-refractivity contribution in [1.29, 1.82) is 0 Å². The number of esters is 2. The number of rotatable bonds is 2. The Morgan fingerprint density at radius 1 is 1.29 bits per heavy atom. The lowest BCUT2D eigenvalue weighted by Crippen LogP contribution is -2.59. The largest absolute Gasteiger partial charge is 0.465 e. The van der Waals surface area contributed by atoms with Gasteiger partial charge in [-0.05, 0) is 31.7 Å². The van der Waals surface area contributed by atoms with E-state index in [2.05, 4.69) is 0 Å². The van der Waals surface area contributed by atoms with Crippen molar-refractivity contribution in [3.8, 4) is 5.75 Å². The minimum atomic E-state index is -1.38. The van der Waals surface area contributed by atoms with Gasteiger partial charge in [0.25, 0.3) is 0 Å². The Labute approximate surface area is 140 Å². The molecule has 1 heterocycles. The normalized spacial score (nSPS) is 34.0. The van der Waals surface area contributed by atoms with E-state index in [1.165, 1.54) is 0 Å². The van der Waals surface area contributed by atoms with Gasteiger partial charge >= 0.3 is 11.9 Å². The second-order valence-electron chi connectivity index (χ2n) is 6.88. The van der Waals surface area contributed by atoms with Crippen LogP contribution in [0.4, 0.5) is 0 Å². The maximum Gasteiger partial charge on any atom is 0.329 e. The highest BCUT2D eigenvalue weighted by molar-refractivity contribution is 6.06. The highest BCUT2D eigenvalue weighted by atomic mass is 16.6. The third-order valence-corrected chi connectivity index (χ3v) is 5.92. The van der Waals surface area contributed by atoms with Gasteiger partial charge in [0.1, 0.15) is 11.5 Å². The second-order valence-corrected chi connectivity index (χ2v) is 6.88. The van der Waals surface area contributed by atoms with Gasteiger partial charge in [-0.2, -0.15) is 0 Å². The molecule has 4 rings (SSSR count). The van der Waals surface area contributed by atoms with Crippen LogP contribution in [-0.2, 0) is 19.1 Å². The molecule has 2 fully saturated rings. The van der Waals surface area contributed by atoms with Crippen LogP contribution in [0.25, 0.3) is 0 Å². The van der Waals surface area contributed by atoms with E-state index in [9.17, 15) is 14.4 Å². The van der Waals surface area contributed by atoms with Crippen LogP contribution in [0.3, 0.4) is 0 Å². The zero-order valence-electron chi connectivity index (χ0n) is 13.6. The number of fused-ring (bicyclic) bond motifs is 5. The minimum absolute atomic E-state index is 0.159. The number of ether oxygens (including phenoxy) is 2. The molecule has 24 heavy (non-hydrogen) atoms. The monoisotopic (exact) mass is 328 g/mol. The molecule has 4 unspecified atom stereocenters. The van der Waals surface area contributed by atoms with Crippen LogP contribution >= 0.6 is 0 Å². The van der Waals surface area contributed by atoms with Crippen LogP contribution in [0.1, 0.15) is 44.1 Å².